The number of nitrogens with two attached hydrogens (primary N) is 1. The van der Waals surface area contributed by atoms with Gasteiger partial charge in [-0.15, -0.1) is 11.3 Å². The van der Waals surface area contributed by atoms with Crippen molar-refractivity contribution >= 4 is 49.7 Å². The molecular formula is C8H5BrN2O2S2. The molecule has 0 bridgehead atoms. The van der Waals surface area contributed by atoms with Gasteiger partial charge in [0, 0.05) is 0 Å². The molecule has 15 heavy (non-hydrogen) atoms. The molecule has 0 amide bonds. The zero-order valence-electron chi connectivity index (χ0n) is 7.23. The van der Waals surface area contributed by atoms with Gasteiger partial charge in [-0.05, 0) is 28.1 Å². The highest BCUT2D eigenvalue weighted by molar-refractivity contribution is 9.11. The summed E-state index contributed by atoms with van der Waals surface area (Å²) in [5.41, 5.74) is 5.94. The van der Waals surface area contributed by atoms with E-state index in [1.807, 2.05) is 12.1 Å². The lowest BCUT2D eigenvalue weighted by atomic mass is 10.3. The van der Waals surface area contributed by atoms with E-state index in [-0.39, 0.29) is 10.0 Å². The van der Waals surface area contributed by atoms with Gasteiger partial charge in [-0.3, -0.25) is 0 Å². The van der Waals surface area contributed by atoms with Crippen LogP contribution in [0.1, 0.15) is 9.67 Å². The molecule has 0 saturated heterocycles. The van der Waals surface area contributed by atoms with Crippen LogP contribution in [-0.2, 0) is 0 Å². The number of hydrogen-bond acceptors (Lipinski definition) is 5. The van der Waals surface area contributed by atoms with E-state index in [0.717, 1.165) is 20.0 Å². The molecule has 2 heterocycles. The lowest BCUT2D eigenvalue weighted by Gasteiger charge is -1.92. The lowest BCUT2D eigenvalue weighted by molar-refractivity contribution is 0.0703. The summed E-state index contributed by atoms with van der Waals surface area (Å²) in [6.07, 6.45) is 0. The topological polar surface area (TPSA) is 76.2 Å². The minimum atomic E-state index is -0.997. The Balaban J connectivity index is 2.56. The highest BCUT2D eigenvalue weighted by atomic mass is 79.9. The molecule has 2 aromatic heterocycles. The van der Waals surface area contributed by atoms with Crippen molar-refractivity contribution in [2.75, 3.05) is 5.73 Å². The third kappa shape index (κ3) is 2.04. The number of rotatable bonds is 2. The first-order valence-electron chi connectivity index (χ1n) is 3.83. The monoisotopic (exact) mass is 304 g/mol. The molecule has 2 rings (SSSR count). The Kier molecular flexibility index (Phi) is 2.76. The summed E-state index contributed by atoms with van der Waals surface area (Å²) in [4.78, 5) is 15.9. The third-order valence-corrected chi connectivity index (χ3v) is 4.15. The van der Waals surface area contributed by atoms with Gasteiger partial charge in [0.25, 0.3) is 0 Å². The number of nitrogen functional groups attached to an aromatic ring is 1. The molecule has 0 aliphatic carbocycles. The summed E-state index contributed by atoms with van der Waals surface area (Å²) >= 11 is 5.73. The maximum Gasteiger partial charge on any atom is 0.348 e. The van der Waals surface area contributed by atoms with Gasteiger partial charge in [-0.25, -0.2) is 9.78 Å². The summed E-state index contributed by atoms with van der Waals surface area (Å²) in [7, 11) is 0. The number of carboxylic acid groups (broad SMARTS) is 1. The van der Waals surface area contributed by atoms with Crippen molar-refractivity contribution in [1.82, 2.24) is 4.98 Å². The van der Waals surface area contributed by atoms with Crippen LogP contribution in [0.5, 0.6) is 0 Å². The van der Waals surface area contributed by atoms with Crippen molar-refractivity contribution in [3.63, 3.8) is 0 Å². The second kappa shape index (κ2) is 3.92. The van der Waals surface area contributed by atoms with Crippen molar-refractivity contribution in [3.05, 3.63) is 20.8 Å². The van der Waals surface area contributed by atoms with Gasteiger partial charge in [0.05, 0.1) is 8.66 Å². The zero-order valence-corrected chi connectivity index (χ0v) is 10.4. The van der Waals surface area contributed by atoms with Crippen LogP contribution in [0.2, 0.25) is 0 Å². The molecule has 0 spiro atoms. The maximum atomic E-state index is 10.9. The molecule has 0 unspecified atom stereocenters. The first kappa shape index (κ1) is 10.6. The number of halogens is 1. The molecule has 0 atom stereocenters. The van der Waals surface area contributed by atoms with Gasteiger partial charge < -0.3 is 10.8 Å². The van der Waals surface area contributed by atoms with Gasteiger partial charge in [0.1, 0.15) is 10.6 Å². The van der Waals surface area contributed by atoms with Gasteiger partial charge in [0.15, 0.2) is 5.13 Å². The van der Waals surface area contributed by atoms with E-state index >= 15 is 0 Å². The predicted octanol–water partition coefficient (Wildman–Crippen LogP) is 2.91. The van der Waals surface area contributed by atoms with Crippen LogP contribution >= 0.6 is 38.6 Å². The molecule has 0 fully saturated rings. The third-order valence-electron chi connectivity index (χ3n) is 1.64. The van der Waals surface area contributed by atoms with Crippen molar-refractivity contribution in [2.24, 2.45) is 0 Å². The van der Waals surface area contributed by atoms with Crippen molar-refractivity contribution < 1.29 is 9.90 Å². The van der Waals surface area contributed by atoms with E-state index in [0.29, 0.717) is 5.69 Å². The number of thiophene rings is 1. The van der Waals surface area contributed by atoms with Crippen molar-refractivity contribution in [1.29, 1.82) is 0 Å². The number of carbonyl (C=O) groups is 1. The van der Waals surface area contributed by atoms with Crippen LogP contribution in [0.4, 0.5) is 5.13 Å². The first-order chi connectivity index (χ1) is 7.08. The Bertz CT molecular complexity index is 520. The Labute approximate surface area is 102 Å². The van der Waals surface area contributed by atoms with Crippen LogP contribution in [0, 0.1) is 0 Å². The van der Waals surface area contributed by atoms with Crippen LogP contribution in [0.15, 0.2) is 15.9 Å². The largest absolute Gasteiger partial charge is 0.477 e. The Morgan fingerprint density at radius 1 is 1.47 bits per heavy atom. The lowest BCUT2D eigenvalue weighted by Crippen LogP contribution is -1.94. The molecular weight excluding hydrogens is 300 g/mol. The molecule has 4 nitrogen and oxygen atoms in total. The van der Waals surface area contributed by atoms with E-state index in [9.17, 15) is 4.79 Å². The first-order valence-corrected chi connectivity index (χ1v) is 6.26. The summed E-state index contributed by atoms with van der Waals surface area (Å²) in [6.45, 7) is 0. The summed E-state index contributed by atoms with van der Waals surface area (Å²) in [5, 5.41) is 9.23. The molecule has 78 valence electrons. The average Bonchev–Trinajstić information content (AvgIpc) is 2.71. The molecule has 0 aromatic carbocycles. The van der Waals surface area contributed by atoms with Crippen LogP contribution in [0.3, 0.4) is 0 Å². The van der Waals surface area contributed by atoms with Crippen molar-refractivity contribution in [2.45, 2.75) is 0 Å². The SMILES string of the molecule is Nc1nc(-c2ccc(Br)s2)c(C(=O)O)s1. The van der Waals surface area contributed by atoms with E-state index in [1.54, 1.807) is 0 Å². The number of carboxylic acids is 1. The zero-order chi connectivity index (χ0) is 11.0. The van der Waals surface area contributed by atoms with Crippen molar-refractivity contribution in [3.8, 4) is 10.6 Å². The summed E-state index contributed by atoms with van der Waals surface area (Å²) in [5.74, 6) is -0.997. The molecule has 3 N–H and O–H groups in total. The number of thiazole rings is 1. The van der Waals surface area contributed by atoms with Crippen LogP contribution in [-0.4, -0.2) is 16.1 Å². The summed E-state index contributed by atoms with van der Waals surface area (Å²) in [6, 6.07) is 3.66. The fourth-order valence-electron chi connectivity index (χ4n) is 1.09. The Hall–Kier alpha value is -0.920. The van der Waals surface area contributed by atoms with E-state index < -0.39 is 5.97 Å². The summed E-state index contributed by atoms with van der Waals surface area (Å²) < 4.78 is 0.931. The number of aromatic nitrogens is 1. The van der Waals surface area contributed by atoms with Gasteiger partial charge in [0.2, 0.25) is 0 Å². The quantitative estimate of drug-likeness (QED) is 0.894. The molecule has 2 aromatic rings. The van der Waals surface area contributed by atoms with Gasteiger partial charge in [-0.1, -0.05) is 11.3 Å². The second-order valence-electron chi connectivity index (χ2n) is 2.64. The number of anilines is 1. The highest BCUT2D eigenvalue weighted by Gasteiger charge is 2.18. The molecule has 0 saturated carbocycles. The van der Waals surface area contributed by atoms with E-state index in [1.165, 1.54) is 11.3 Å². The minimum absolute atomic E-state index is 0.182. The van der Waals surface area contributed by atoms with E-state index in [4.69, 9.17) is 10.8 Å². The highest BCUT2D eigenvalue weighted by Crippen LogP contribution is 2.35. The maximum absolute atomic E-state index is 10.9. The van der Waals surface area contributed by atoms with Gasteiger partial charge in [-0.2, -0.15) is 0 Å². The normalized spacial score (nSPS) is 10.5. The standard InChI is InChI=1S/C8H5BrN2O2S2/c9-4-2-1-3(14-4)5-6(7(12)13)15-8(10)11-5/h1-2H,(H2,10,11)(H,12,13). The van der Waals surface area contributed by atoms with E-state index in [2.05, 4.69) is 20.9 Å². The van der Waals surface area contributed by atoms with Gasteiger partial charge >= 0.3 is 5.97 Å². The molecule has 0 aliphatic rings. The second-order valence-corrected chi connectivity index (χ2v) is 6.13. The average molecular weight is 305 g/mol. The fourth-order valence-corrected chi connectivity index (χ4v) is 3.22. The smallest absolute Gasteiger partial charge is 0.348 e. The number of nitrogens with zero attached hydrogens (tertiary/aromatic N) is 1. The molecule has 0 aliphatic heterocycles. The Morgan fingerprint density at radius 3 is 2.73 bits per heavy atom. The predicted molar refractivity (Wildman–Crippen MR) is 64.5 cm³/mol. The minimum Gasteiger partial charge on any atom is -0.477 e. The Morgan fingerprint density at radius 2 is 2.20 bits per heavy atom. The van der Waals surface area contributed by atoms with Crippen LogP contribution in [0.25, 0.3) is 10.6 Å². The number of aromatic carboxylic acids is 1. The number of hydrogen-bond donors (Lipinski definition) is 2. The molecule has 7 heteroatoms. The van der Waals surface area contributed by atoms with Crippen LogP contribution < -0.4 is 5.73 Å². The fraction of sp³-hybridized carbons (Fsp3) is 0. The molecule has 0 radical (unpaired) electrons.